The van der Waals surface area contributed by atoms with Gasteiger partial charge in [-0.1, -0.05) is 41.7 Å². The molecule has 96 valence electrons. The van der Waals surface area contributed by atoms with E-state index in [2.05, 4.69) is 4.98 Å². The minimum atomic E-state index is -3.66. The quantitative estimate of drug-likeness (QED) is 0.921. The third-order valence-electron chi connectivity index (χ3n) is 2.34. The molecule has 0 fully saturated rings. The number of nitrogens with zero attached hydrogens (tertiary/aromatic N) is 2. The van der Waals surface area contributed by atoms with Gasteiger partial charge in [-0.2, -0.15) is 0 Å². The van der Waals surface area contributed by atoms with Crippen LogP contribution in [0.1, 0.15) is 5.56 Å². The highest BCUT2D eigenvalue weighted by Crippen LogP contribution is 2.25. The van der Waals surface area contributed by atoms with Gasteiger partial charge in [0.15, 0.2) is 9.34 Å². The lowest BCUT2D eigenvalue weighted by Gasteiger charge is -2.15. The molecule has 0 saturated heterocycles. The maximum atomic E-state index is 11.2. The molecule has 0 aliphatic carbocycles. The summed E-state index contributed by atoms with van der Waals surface area (Å²) >= 11 is 1.07. The van der Waals surface area contributed by atoms with Crippen LogP contribution in [0.15, 0.2) is 40.7 Å². The van der Waals surface area contributed by atoms with Crippen molar-refractivity contribution in [3.05, 3.63) is 42.1 Å². The monoisotopic (exact) mass is 283 g/mol. The predicted octanol–water partition coefficient (Wildman–Crippen LogP) is 1.43. The van der Waals surface area contributed by atoms with Gasteiger partial charge in [0.2, 0.25) is 10.0 Å². The average Bonchev–Trinajstić information content (AvgIpc) is 2.79. The fraction of sp³-hybridized carbons (Fsp3) is 0.182. The first-order valence-electron chi connectivity index (χ1n) is 5.20. The predicted molar refractivity (Wildman–Crippen MR) is 72.0 cm³/mol. The second-order valence-electron chi connectivity index (χ2n) is 3.85. The normalized spacial score (nSPS) is 11.4. The number of aromatic nitrogens is 1. The van der Waals surface area contributed by atoms with Gasteiger partial charge < -0.3 is 4.90 Å². The summed E-state index contributed by atoms with van der Waals surface area (Å²) in [5, 5.41) is 5.67. The minimum Gasteiger partial charge on any atom is -0.347 e. The second kappa shape index (κ2) is 5.05. The van der Waals surface area contributed by atoms with Crippen molar-refractivity contribution in [3.8, 4) is 0 Å². The van der Waals surface area contributed by atoms with E-state index in [0.29, 0.717) is 11.7 Å². The van der Waals surface area contributed by atoms with E-state index in [1.807, 2.05) is 42.3 Å². The van der Waals surface area contributed by atoms with E-state index in [1.54, 1.807) is 0 Å². The number of rotatable bonds is 4. The van der Waals surface area contributed by atoms with Gasteiger partial charge >= 0.3 is 0 Å². The fourth-order valence-electron chi connectivity index (χ4n) is 1.48. The first kappa shape index (κ1) is 13.0. The van der Waals surface area contributed by atoms with Crippen molar-refractivity contribution in [3.63, 3.8) is 0 Å². The number of hydrogen-bond donors (Lipinski definition) is 1. The highest BCUT2D eigenvalue weighted by molar-refractivity contribution is 7.91. The third kappa shape index (κ3) is 3.06. The number of benzene rings is 1. The molecule has 0 aliphatic heterocycles. The van der Waals surface area contributed by atoms with Crippen LogP contribution in [0.5, 0.6) is 0 Å². The Bertz CT molecular complexity index is 623. The molecule has 0 radical (unpaired) electrons. The molecular formula is C11H13N3O2S2. The first-order valence-corrected chi connectivity index (χ1v) is 7.57. The highest BCUT2D eigenvalue weighted by atomic mass is 32.2. The van der Waals surface area contributed by atoms with Crippen LogP contribution >= 0.6 is 11.3 Å². The average molecular weight is 283 g/mol. The van der Waals surface area contributed by atoms with Crippen molar-refractivity contribution in [2.45, 2.75) is 10.8 Å². The maximum Gasteiger partial charge on any atom is 0.249 e. The molecule has 0 spiro atoms. The molecule has 0 bridgehead atoms. The molecular weight excluding hydrogens is 270 g/mol. The molecule has 7 heteroatoms. The zero-order valence-corrected chi connectivity index (χ0v) is 11.4. The number of hydrogen-bond acceptors (Lipinski definition) is 5. The lowest BCUT2D eigenvalue weighted by molar-refractivity contribution is 0.599. The Morgan fingerprint density at radius 1 is 1.33 bits per heavy atom. The standard InChI is InChI=1S/C11H13N3O2S2/c1-14(8-9-5-3-2-4-6-9)11-13-7-10(17-11)18(12,15)16/h2-7H,8H2,1H3,(H2,12,15,16). The van der Waals surface area contributed by atoms with Crippen LogP contribution in [0.2, 0.25) is 0 Å². The van der Waals surface area contributed by atoms with Gasteiger partial charge in [-0.05, 0) is 5.56 Å². The Morgan fingerprint density at radius 3 is 2.56 bits per heavy atom. The van der Waals surface area contributed by atoms with Crippen LogP contribution in [-0.2, 0) is 16.6 Å². The van der Waals surface area contributed by atoms with Gasteiger partial charge in [0, 0.05) is 13.6 Å². The number of primary sulfonamides is 1. The summed E-state index contributed by atoms with van der Waals surface area (Å²) < 4.78 is 22.4. The van der Waals surface area contributed by atoms with Crippen molar-refractivity contribution in [1.29, 1.82) is 0 Å². The Hall–Kier alpha value is -1.44. The van der Waals surface area contributed by atoms with Crippen molar-refractivity contribution in [2.24, 2.45) is 5.14 Å². The van der Waals surface area contributed by atoms with E-state index in [-0.39, 0.29) is 4.21 Å². The molecule has 18 heavy (non-hydrogen) atoms. The van der Waals surface area contributed by atoms with Crippen LogP contribution in [0.3, 0.4) is 0 Å². The number of nitrogens with two attached hydrogens (primary N) is 1. The largest absolute Gasteiger partial charge is 0.347 e. The summed E-state index contributed by atoms with van der Waals surface area (Å²) in [7, 11) is -1.80. The van der Waals surface area contributed by atoms with Gasteiger partial charge in [0.05, 0.1) is 6.20 Å². The van der Waals surface area contributed by atoms with E-state index in [9.17, 15) is 8.42 Å². The molecule has 1 aromatic heterocycles. The Balaban J connectivity index is 2.15. The van der Waals surface area contributed by atoms with Crippen molar-refractivity contribution >= 4 is 26.5 Å². The molecule has 5 nitrogen and oxygen atoms in total. The topological polar surface area (TPSA) is 76.3 Å². The lowest BCUT2D eigenvalue weighted by atomic mass is 10.2. The molecule has 0 amide bonds. The van der Waals surface area contributed by atoms with E-state index in [4.69, 9.17) is 5.14 Å². The number of thiazole rings is 1. The summed E-state index contributed by atoms with van der Waals surface area (Å²) in [4.78, 5) is 5.95. The van der Waals surface area contributed by atoms with Crippen molar-refractivity contribution in [2.75, 3.05) is 11.9 Å². The molecule has 0 unspecified atom stereocenters. The molecule has 2 rings (SSSR count). The molecule has 0 aliphatic rings. The van der Waals surface area contributed by atoms with Crippen molar-refractivity contribution in [1.82, 2.24) is 4.98 Å². The lowest BCUT2D eigenvalue weighted by Crippen LogP contribution is -2.15. The fourth-order valence-corrected chi connectivity index (χ4v) is 2.98. The van der Waals surface area contributed by atoms with Crippen LogP contribution in [0, 0.1) is 0 Å². The van der Waals surface area contributed by atoms with Crippen LogP contribution in [-0.4, -0.2) is 20.4 Å². The zero-order chi connectivity index (χ0) is 13.2. The number of sulfonamides is 1. The Morgan fingerprint density at radius 2 is 2.00 bits per heavy atom. The number of anilines is 1. The summed E-state index contributed by atoms with van der Waals surface area (Å²) in [6, 6.07) is 9.88. The molecule has 1 heterocycles. The van der Waals surface area contributed by atoms with Gasteiger partial charge in [0.25, 0.3) is 0 Å². The molecule has 0 saturated carbocycles. The van der Waals surface area contributed by atoms with Crippen LogP contribution < -0.4 is 10.0 Å². The van der Waals surface area contributed by atoms with Crippen LogP contribution in [0.25, 0.3) is 0 Å². The van der Waals surface area contributed by atoms with Gasteiger partial charge in [-0.15, -0.1) is 0 Å². The first-order chi connectivity index (χ1) is 8.47. The molecule has 2 N–H and O–H groups in total. The minimum absolute atomic E-state index is 0.0809. The Labute approximate surface area is 110 Å². The second-order valence-corrected chi connectivity index (χ2v) is 6.65. The van der Waals surface area contributed by atoms with Gasteiger partial charge in [-0.3, -0.25) is 0 Å². The van der Waals surface area contributed by atoms with Gasteiger partial charge in [-0.25, -0.2) is 18.5 Å². The van der Waals surface area contributed by atoms with Gasteiger partial charge in [0.1, 0.15) is 0 Å². The third-order valence-corrected chi connectivity index (χ3v) is 4.86. The van der Waals surface area contributed by atoms with E-state index >= 15 is 0 Å². The van der Waals surface area contributed by atoms with E-state index < -0.39 is 10.0 Å². The van der Waals surface area contributed by atoms with Crippen molar-refractivity contribution < 1.29 is 8.42 Å². The zero-order valence-electron chi connectivity index (χ0n) is 9.78. The van der Waals surface area contributed by atoms with E-state index in [1.165, 1.54) is 6.20 Å². The summed E-state index contributed by atoms with van der Waals surface area (Å²) in [6.07, 6.45) is 1.29. The molecule has 0 atom stereocenters. The van der Waals surface area contributed by atoms with E-state index in [0.717, 1.165) is 16.9 Å². The summed E-state index contributed by atoms with van der Waals surface area (Å²) in [6.45, 7) is 0.665. The SMILES string of the molecule is CN(Cc1ccccc1)c1ncc(S(N)(=O)=O)s1. The molecule has 1 aromatic carbocycles. The maximum absolute atomic E-state index is 11.2. The summed E-state index contributed by atoms with van der Waals surface area (Å²) in [5.74, 6) is 0. The summed E-state index contributed by atoms with van der Waals surface area (Å²) in [5.41, 5.74) is 1.13. The van der Waals surface area contributed by atoms with Crippen LogP contribution in [0.4, 0.5) is 5.13 Å². The Kier molecular flexibility index (Phi) is 3.65. The highest BCUT2D eigenvalue weighted by Gasteiger charge is 2.14. The smallest absolute Gasteiger partial charge is 0.249 e. The molecule has 2 aromatic rings.